The summed E-state index contributed by atoms with van der Waals surface area (Å²) in [6, 6.07) is 13.9. The average molecular weight is 759 g/mol. The molecule has 2 aliphatic heterocycles. The molecule has 0 bridgehead atoms. The monoisotopic (exact) mass is 758 g/mol. The number of carbonyl (C=O) groups is 2. The van der Waals surface area contributed by atoms with Crippen LogP contribution in [0.2, 0.25) is 0 Å². The second-order valence-electron chi connectivity index (χ2n) is 15.4. The first-order valence-electron chi connectivity index (χ1n) is 17.3. The fraction of sp³-hybridized carbons (Fsp3) is 0.611. The topological polar surface area (TPSA) is 118 Å². The van der Waals surface area contributed by atoms with Crippen LogP contribution in [0.3, 0.4) is 0 Å². The minimum absolute atomic E-state index is 0.0887. The second-order valence-corrected chi connectivity index (χ2v) is 16.3. The van der Waals surface area contributed by atoms with Crippen molar-refractivity contribution in [2.75, 3.05) is 41.3 Å². The summed E-state index contributed by atoms with van der Waals surface area (Å²) in [4.78, 5) is 27.6. The first-order chi connectivity index (χ1) is 23.0. The van der Waals surface area contributed by atoms with Gasteiger partial charge in [0.25, 0.3) is 0 Å². The molecule has 0 radical (unpaired) electrons. The Balaban J connectivity index is 0.000000261. The minimum Gasteiger partial charge on any atom is -0.423 e. The first-order valence-corrected chi connectivity index (χ1v) is 18.1. The summed E-state index contributed by atoms with van der Waals surface area (Å²) >= 11 is 3.35. The lowest BCUT2D eigenvalue weighted by atomic mass is 9.49. The molecule has 14 heteroatoms. The standard InChI is InChI=1S/C12H24B2O4.C12H18BNO3.C12H16BrNO/c1-9(2)10(3,4)16-13(15-9)14-17-11(5,6)12(7,8)18-14;1-14(2)9-3-4-12(15)10-5-7-11(8-6-10)13(16)17;1-14(2)9-3-4-12(15)10-5-7-11(13)8-6-10/h1-8H3;5-8,16-17H,3-4,9H2,1-2H3;5-8H,3-4,9H2,1-2H3. The molecule has 0 unspecified atom stereocenters. The quantitative estimate of drug-likeness (QED) is 0.223. The van der Waals surface area contributed by atoms with Gasteiger partial charge in [-0.25, -0.2) is 0 Å². The number of Topliss-reactive ketones (excluding diaryl/α,β-unsaturated/α-hetero) is 2. The lowest BCUT2D eigenvalue weighted by molar-refractivity contribution is 0.00578. The molecule has 276 valence electrons. The average Bonchev–Trinajstić information content (AvgIpc) is 3.37. The highest BCUT2D eigenvalue weighted by atomic mass is 79.9. The Kier molecular flexibility index (Phi) is 16.6. The number of hydrogen-bond acceptors (Lipinski definition) is 10. The molecule has 0 atom stereocenters. The predicted octanol–water partition coefficient (Wildman–Crippen LogP) is 5.11. The molecule has 2 aromatic carbocycles. The van der Waals surface area contributed by atoms with Crippen molar-refractivity contribution in [1.82, 2.24) is 9.80 Å². The van der Waals surface area contributed by atoms with Crippen LogP contribution in [0, 0.1) is 0 Å². The molecule has 2 N–H and O–H groups in total. The fourth-order valence-electron chi connectivity index (χ4n) is 4.88. The van der Waals surface area contributed by atoms with Crippen molar-refractivity contribution >= 4 is 54.1 Å². The van der Waals surface area contributed by atoms with E-state index in [4.69, 9.17) is 28.7 Å². The van der Waals surface area contributed by atoms with E-state index < -0.39 is 21.1 Å². The summed E-state index contributed by atoms with van der Waals surface area (Å²) < 4.78 is 24.9. The molecule has 2 aliphatic rings. The third-order valence-electron chi connectivity index (χ3n) is 9.48. The Hall–Kier alpha value is -1.87. The van der Waals surface area contributed by atoms with Crippen LogP contribution in [0.15, 0.2) is 53.0 Å². The molecule has 0 spiro atoms. The molecule has 2 saturated heterocycles. The van der Waals surface area contributed by atoms with Gasteiger partial charge in [-0.05, 0) is 127 Å². The summed E-state index contributed by atoms with van der Waals surface area (Å²) in [5.41, 5.74) is 0.380. The van der Waals surface area contributed by atoms with Crippen LogP contribution in [-0.2, 0) is 18.6 Å². The van der Waals surface area contributed by atoms with E-state index in [1.54, 1.807) is 24.3 Å². The molecule has 0 amide bonds. The number of carbonyl (C=O) groups excluding carboxylic acids is 2. The molecular weight excluding hydrogens is 701 g/mol. The maximum absolute atomic E-state index is 11.8. The number of nitrogens with zero attached hydrogens (tertiary/aromatic N) is 2. The highest BCUT2D eigenvalue weighted by Gasteiger charge is 2.63. The van der Waals surface area contributed by atoms with Gasteiger partial charge in [0, 0.05) is 28.4 Å². The van der Waals surface area contributed by atoms with Crippen molar-refractivity contribution in [3.8, 4) is 0 Å². The van der Waals surface area contributed by atoms with Gasteiger partial charge >= 0.3 is 21.1 Å². The molecule has 2 aromatic rings. The highest BCUT2D eigenvalue weighted by Crippen LogP contribution is 2.42. The SMILES string of the molecule is CC1(C)OB(B2OC(C)(C)C(C)(C)O2)OC1(C)C.CN(C)CCCC(=O)c1ccc(B(O)O)cc1.CN(C)CCCC(=O)c1ccc(Br)cc1. The smallest absolute Gasteiger partial charge is 0.423 e. The van der Waals surface area contributed by atoms with Crippen LogP contribution in [0.5, 0.6) is 0 Å². The van der Waals surface area contributed by atoms with E-state index in [0.29, 0.717) is 23.9 Å². The number of benzene rings is 2. The summed E-state index contributed by atoms with van der Waals surface area (Å²) in [5.74, 6) is 0.315. The van der Waals surface area contributed by atoms with Crippen LogP contribution < -0.4 is 5.46 Å². The van der Waals surface area contributed by atoms with E-state index in [1.165, 1.54) is 0 Å². The van der Waals surface area contributed by atoms with Gasteiger partial charge in [0.15, 0.2) is 11.6 Å². The van der Waals surface area contributed by atoms with Gasteiger partial charge in [-0.2, -0.15) is 0 Å². The maximum atomic E-state index is 11.8. The van der Waals surface area contributed by atoms with Gasteiger partial charge in [0.05, 0.1) is 22.4 Å². The van der Waals surface area contributed by atoms with Crippen molar-refractivity contribution in [3.63, 3.8) is 0 Å². The van der Waals surface area contributed by atoms with Crippen LogP contribution in [0.1, 0.15) is 102 Å². The van der Waals surface area contributed by atoms with Crippen LogP contribution >= 0.6 is 15.9 Å². The number of hydrogen-bond donors (Lipinski definition) is 2. The van der Waals surface area contributed by atoms with E-state index in [0.717, 1.165) is 36.0 Å². The third kappa shape index (κ3) is 13.3. The van der Waals surface area contributed by atoms with Crippen LogP contribution in [0.4, 0.5) is 0 Å². The van der Waals surface area contributed by atoms with Crippen molar-refractivity contribution in [2.24, 2.45) is 0 Å². The van der Waals surface area contributed by atoms with Gasteiger partial charge in [0.2, 0.25) is 0 Å². The first kappa shape index (κ1) is 44.3. The zero-order chi connectivity index (χ0) is 38.1. The second kappa shape index (κ2) is 18.8. The highest BCUT2D eigenvalue weighted by molar-refractivity contribution is 9.10. The lowest BCUT2D eigenvalue weighted by Gasteiger charge is -2.32. The summed E-state index contributed by atoms with van der Waals surface area (Å²) in [7, 11) is 5.55. The number of halogens is 1. The third-order valence-corrected chi connectivity index (χ3v) is 10.0. The van der Waals surface area contributed by atoms with Crippen molar-refractivity contribution in [3.05, 3.63) is 64.1 Å². The molecule has 0 aromatic heterocycles. The molecule has 2 heterocycles. The zero-order valence-corrected chi connectivity index (χ0v) is 33.8. The number of rotatable bonds is 12. The Morgan fingerprint density at radius 3 is 1.20 bits per heavy atom. The van der Waals surface area contributed by atoms with Gasteiger partial charge in [-0.3, -0.25) is 9.59 Å². The zero-order valence-electron chi connectivity index (χ0n) is 32.2. The van der Waals surface area contributed by atoms with E-state index in [-0.39, 0.29) is 34.0 Å². The molecule has 2 fully saturated rings. The summed E-state index contributed by atoms with van der Waals surface area (Å²) in [5, 5.41) is 17.8. The van der Waals surface area contributed by atoms with Gasteiger partial charge in [0.1, 0.15) is 0 Å². The molecule has 0 saturated carbocycles. The van der Waals surface area contributed by atoms with E-state index >= 15 is 0 Å². The van der Waals surface area contributed by atoms with E-state index in [1.807, 2.05) is 113 Å². The van der Waals surface area contributed by atoms with Crippen LogP contribution in [0.25, 0.3) is 0 Å². The van der Waals surface area contributed by atoms with Crippen molar-refractivity contribution in [2.45, 2.75) is 103 Å². The largest absolute Gasteiger partial charge is 0.488 e. The van der Waals surface area contributed by atoms with Crippen molar-refractivity contribution < 1.29 is 38.3 Å². The van der Waals surface area contributed by atoms with Gasteiger partial charge in [-0.15, -0.1) is 0 Å². The molecule has 10 nitrogen and oxygen atoms in total. The Bertz CT molecular complexity index is 1300. The molecule has 0 aliphatic carbocycles. The Morgan fingerprint density at radius 2 is 0.920 bits per heavy atom. The molecule has 4 rings (SSSR count). The number of ketones is 2. The van der Waals surface area contributed by atoms with E-state index in [9.17, 15) is 9.59 Å². The van der Waals surface area contributed by atoms with Gasteiger partial charge in [-0.1, -0.05) is 52.3 Å². The molecule has 50 heavy (non-hydrogen) atoms. The fourth-order valence-corrected chi connectivity index (χ4v) is 5.14. The predicted molar refractivity (Wildman–Crippen MR) is 207 cm³/mol. The lowest BCUT2D eigenvalue weighted by Crippen LogP contribution is -2.41. The van der Waals surface area contributed by atoms with Crippen molar-refractivity contribution in [1.29, 1.82) is 0 Å². The Labute approximate surface area is 310 Å². The Morgan fingerprint density at radius 1 is 0.620 bits per heavy atom. The summed E-state index contributed by atoms with van der Waals surface area (Å²) in [6.07, 6.45) is 2.89. The normalized spacial score (nSPS) is 18.3. The van der Waals surface area contributed by atoms with E-state index in [2.05, 4.69) is 20.8 Å². The minimum atomic E-state index is -1.48. The molecular formula is C36H58B3BrN2O8. The van der Waals surface area contributed by atoms with Gasteiger partial charge < -0.3 is 38.5 Å². The van der Waals surface area contributed by atoms with Crippen LogP contribution in [-0.4, -0.2) is 116 Å². The maximum Gasteiger partial charge on any atom is 0.488 e. The summed E-state index contributed by atoms with van der Waals surface area (Å²) in [6.45, 7) is 18.1.